The second-order valence-electron chi connectivity index (χ2n) is 10.4. The van der Waals surface area contributed by atoms with Crippen LogP contribution in [0.25, 0.3) is 22.0 Å². The van der Waals surface area contributed by atoms with Gasteiger partial charge in [-0.1, -0.05) is 79.7 Å². The van der Waals surface area contributed by atoms with E-state index in [1.54, 1.807) is 12.1 Å². The molecule has 6 heteroatoms. The average molecular weight is 531 g/mol. The van der Waals surface area contributed by atoms with E-state index in [9.17, 15) is 9.59 Å². The normalized spacial score (nSPS) is 12.7. The summed E-state index contributed by atoms with van der Waals surface area (Å²) in [6, 6.07) is 32.4. The zero-order chi connectivity index (χ0) is 28.1. The number of anilines is 1. The quantitative estimate of drug-likeness (QED) is 0.205. The second kappa shape index (κ2) is 12.0. The predicted octanol–water partition coefficient (Wildman–Crippen LogP) is 6.44. The summed E-state index contributed by atoms with van der Waals surface area (Å²) in [5, 5.41) is 7.12. The Labute approximate surface area is 235 Å². The summed E-state index contributed by atoms with van der Waals surface area (Å²) in [6.45, 7) is 2.73. The molecule has 0 aliphatic rings. The number of hydrogen-bond donors (Lipinski definition) is 3. The smallest absolute Gasteiger partial charge is 0.251 e. The fourth-order valence-corrected chi connectivity index (χ4v) is 5.07. The molecule has 4 aromatic carbocycles. The van der Waals surface area contributed by atoms with Crippen molar-refractivity contribution in [3.8, 4) is 11.1 Å². The van der Waals surface area contributed by atoms with Gasteiger partial charge in [0.1, 0.15) is 6.04 Å². The lowest BCUT2D eigenvalue weighted by Crippen LogP contribution is -2.47. The largest absolute Gasteiger partial charge is 0.361 e. The first-order valence-corrected chi connectivity index (χ1v) is 13.5. The number of fused-ring (bicyclic) bond motifs is 1. The number of H-pyrrole nitrogens is 1. The summed E-state index contributed by atoms with van der Waals surface area (Å²) < 4.78 is 0. The van der Waals surface area contributed by atoms with Gasteiger partial charge in [0.15, 0.2) is 0 Å². The number of aromatic nitrogens is 1. The van der Waals surface area contributed by atoms with Crippen LogP contribution in [-0.2, 0) is 11.3 Å². The first kappa shape index (κ1) is 26.9. The summed E-state index contributed by atoms with van der Waals surface area (Å²) >= 11 is 0. The first-order chi connectivity index (χ1) is 19.4. The molecule has 0 aliphatic carbocycles. The van der Waals surface area contributed by atoms with Gasteiger partial charge in [-0.05, 0) is 66.7 Å². The van der Waals surface area contributed by atoms with Gasteiger partial charge in [-0.2, -0.15) is 0 Å². The van der Waals surface area contributed by atoms with E-state index in [-0.39, 0.29) is 17.7 Å². The lowest BCUT2D eigenvalue weighted by atomic mass is 9.91. The number of rotatable bonds is 9. The topological polar surface area (TPSA) is 77.2 Å². The van der Waals surface area contributed by atoms with Crippen molar-refractivity contribution in [1.29, 1.82) is 0 Å². The molecule has 2 atom stereocenters. The second-order valence-corrected chi connectivity index (χ2v) is 10.4. The average Bonchev–Trinajstić information content (AvgIpc) is 3.40. The number of para-hydroxylation sites is 1. The summed E-state index contributed by atoms with van der Waals surface area (Å²) in [5.41, 5.74) is 6.34. The molecule has 2 unspecified atom stereocenters. The number of carbonyl (C=O) groups excluding carboxylic acids is 2. The molecular weight excluding hydrogens is 496 g/mol. The van der Waals surface area contributed by atoms with E-state index in [1.807, 2.05) is 118 Å². The van der Waals surface area contributed by atoms with Crippen molar-refractivity contribution in [3.63, 3.8) is 0 Å². The molecule has 1 aromatic heterocycles. The van der Waals surface area contributed by atoms with Gasteiger partial charge in [-0.25, -0.2) is 0 Å². The summed E-state index contributed by atoms with van der Waals surface area (Å²) in [5.74, 6) is -0.865. The minimum Gasteiger partial charge on any atom is -0.361 e. The molecule has 0 radical (unpaired) electrons. The van der Waals surface area contributed by atoms with Crippen LogP contribution in [0, 0.1) is 0 Å². The fourth-order valence-electron chi connectivity index (χ4n) is 5.07. The molecule has 202 valence electrons. The third-order valence-electron chi connectivity index (χ3n) is 7.13. The van der Waals surface area contributed by atoms with Crippen LogP contribution >= 0.6 is 0 Å². The number of nitrogens with one attached hydrogen (secondary N) is 3. The van der Waals surface area contributed by atoms with Crippen molar-refractivity contribution >= 4 is 28.4 Å². The summed E-state index contributed by atoms with van der Waals surface area (Å²) in [6.07, 6.45) is 1.92. The van der Waals surface area contributed by atoms with Gasteiger partial charge in [-0.15, -0.1) is 0 Å². The van der Waals surface area contributed by atoms with Gasteiger partial charge in [0.2, 0.25) is 5.91 Å². The van der Waals surface area contributed by atoms with Crippen molar-refractivity contribution in [3.05, 3.63) is 126 Å². The zero-order valence-corrected chi connectivity index (χ0v) is 23.0. The fraction of sp³-hybridized carbons (Fsp3) is 0.176. The van der Waals surface area contributed by atoms with Crippen LogP contribution in [-0.4, -0.2) is 41.8 Å². The molecule has 0 saturated heterocycles. The molecule has 3 N–H and O–H groups in total. The van der Waals surface area contributed by atoms with E-state index >= 15 is 0 Å². The highest BCUT2D eigenvalue weighted by Crippen LogP contribution is 2.29. The number of carbonyl (C=O) groups is 2. The summed E-state index contributed by atoms with van der Waals surface area (Å²) in [7, 11) is 4.01. The van der Waals surface area contributed by atoms with E-state index in [0.29, 0.717) is 11.3 Å². The van der Waals surface area contributed by atoms with E-state index < -0.39 is 6.04 Å². The lowest BCUT2D eigenvalue weighted by molar-refractivity contribution is -0.118. The van der Waals surface area contributed by atoms with Gasteiger partial charge in [0.25, 0.3) is 5.91 Å². The highest BCUT2D eigenvalue weighted by molar-refractivity contribution is 6.02. The van der Waals surface area contributed by atoms with E-state index in [2.05, 4.69) is 20.5 Å². The minimum atomic E-state index is -0.807. The standard InChI is InChI=1S/C34H34N4O2/c1-23(30-21-35-31-15-8-7-14-29(30)31)32(34(40)36-28-13-9-10-24(20-28)22-38(2)3)37-33(39)27-18-16-26(17-19-27)25-11-5-4-6-12-25/h4-21,23,32,35H,22H2,1-3H3,(H,36,40)(H,37,39). The van der Waals surface area contributed by atoms with Crippen molar-refractivity contribution in [1.82, 2.24) is 15.2 Å². The van der Waals surface area contributed by atoms with Gasteiger partial charge in [0, 0.05) is 40.8 Å². The van der Waals surface area contributed by atoms with Crippen molar-refractivity contribution < 1.29 is 9.59 Å². The van der Waals surface area contributed by atoms with E-state index in [0.717, 1.165) is 39.7 Å². The van der Waals surface area contributed by atoms with Crippen LogP contribution in [0.5, 0.6) is 0 Å². The molecule has 0 bridgehead atoms. The van der Waals surface area contributed by atoms with Crippen molar-refractivity contribution in [2.75, 3.05) is 19.4 Å². The van der Waals surface area contributed by atoms with Gasteiger partial charge in [0.05, 0.1) is 0 Å². The monoisotopic (exact) mass is 530 g/mol. The Kier molecular flexibility index (Phi) is 8.08. The lowest BCUT2D eigenvalue weighted by Gasteiger charge is -2.25. The number of nitrogens with zero attached hydrogens (tertiary/aromatic N) is 1. The van der Waals surface area contributed by atoms with Gasteiger partial charge >= 0.3 is 0 Å². The molecule has 1 heterocycles. The van der Waals surface area contributed by atoms with Crippen molar-refractivity contribution in [2.45, 2.75) is 25.4 Å². The van der Waals surface area contributed by atoms with Crippen LogP contribution in [0.2, 0.25) is 0 Å². The first-order valence-electron chi connectivity index (χ1n) is 13.5. The highest BCUT2D eigenvalue weighted by Gasteiger charge is 2.30. The summed E-state index contributed by atoms with van der Waals surface area (Å²) in [4.78, 5) is 32.6. The predicted molar refractivity (Wildman–Crippen MR) is 162 cm³/mol. The van der Waals surface area contributed by atoms with Gasteiger partial charge < -0.3 is 20.5 Å². The zero-order valence-electron chi connectivity index (χ0n) is 23.0. The SMILES string of the molecule is CC(c1c[nH]c2ccccc12)C(NC(=O)c1ccc(-c2ccccc2)cc1)C(=O)Nc1cccc(CN(C)C)c1. The molecule has 6 nitrogen and oxygen atoms in total. The van der Waals surface area contributed by atoms with Gasteiger partial charge in [-0.3, -0.25) is 9.59 Å². The molecule has 0 saturated carbocycles. The molecular formula is C34H34N4O2. The Balaban J connectivity index is 1.41. The maximum Gasteiger partial charge on any atom is 0.251 e. The van der Waals surface area contributed by atoms with Crippen LogP contribution in [0.1, 0.15) is 34.3 Å². The Morgan fingerprint density at radius 2 is 1.52 bits per heavy atom. The number of amides is 2. The number of aromatic amines is 1. The Hall–Kier alpha value is -4.68. The molecule has 5 rings (SSSR count). The number of benzene rings is 4. The Bertz CT molecular complexity index is 1610. The molecule has 40 heavy (non-hydrogen) atoms. The van der Waals surface area contributed by atoms with E-state index in [1.165, 1.54) is 0 Å². The van der Waals surface area contributed by atoms with Crippen LogP contribution < -0.4 is 10.6 Å². The van der Waals surface area contributed by atoms with Crippen LogP contribution in [0.4, 0.5) is 5.69 Å². The van der Waals surface area contributed by atoms with Crippen molar-refractivity contribution in [2.24, 2.45) is 0 Å². The highest BCUT2D eigenvalue weighted by atomic mass is 16.2. The number of hydrogen-bond acceptors (Lipinski definition) is 3. The van der Waals surface area contributed by atoms with Crippen LogP contribution in [0.15, 0.2) is 109 Å². The minimum absolute atomic E-state index is 0.269. The Morgan fingerprint density at radius 1 is 0.825 bits per heavy atom. The maximum atomic E-state index is 13.8. The molecule has 0 aliphatic heterocycles. The Morgan fingerprint density at radius 3 is 2.27 bits per heavy atom. The molecule has 0 fully saturated rings. The molecule has 2 amide bonds. The maximum absolute atomic E-state index is 13.8. The van der Waals surface area contributed by atoms with Crippen LogP contribution in [0.3, 0.4) is 0 Å². The third-order valence-corrected chi connectivity index (χ3v) is 7.13. The van der Waals surface area contributed by atoms with E-state index in [4.69, 9.17) is 0 Å². The molecule has 0 spiro atoms. The molecule has 5 aromatic rings. The third kappa shape index (κ3) is 6.14.